The van der Waals surface area contributed by atoms with Crippen LogP contribution in [-0.4, -0.2) is 19.1 Å². The molecule has 1 amide bonds. The van der Waals surface area contributed by atoms with E-state index in [1.54, 1.807) is 24.3 Å². The van der Waals surface area contributed by atoms with Crippen molar-refractivity contribution < 1.29 is 9.53 Å². The van der Waals surface area contributed by atoms with Gasteiger partial charge in [-0.2, -0.15) is 5.26 Å². The zero-order valence-corrected chi connectivity index (χ0v) is 10.9. The van der Waals surface area contributed by atoms with Crippen LogP contribution in [0, 0.1) is 17.2 Å². The largest absolute Gasteiger partial charge is 0.484 e. The van der Waals surface area contributed by atoms with E-state index < -0.39 is 0 Å². The van der Waals surface area contributed by atoms with Crippen LogP contribution in [0.15, 0.2) is 24.3 Å². The fourth-order valence-electron chi connectivity index (χ4n) is 1.85. The number of ether oxygens (including phenoxy) is 1. The van der Waals surface area contributed by atoms with Gasteiger partial charge in [0.05, 0.1) is 11.6 Å². The third-order valence-electron chi connectivity index (χ3n) is 3.16. The summed E-state index contributed by atoms with van der Waals surface area (Å²) in [7, 11) is 0. The Bertz CT molecular complexity index is 458. The Kier molecular flexibility index (Phi) is 4.79. The summed E-state index contributed by atoms with van der Waals surface area (Å²) in [5.41, 5.74) is 0.580. The van der Waals surface area contributed by atoms with E-state index in [2.05, 4.69) is 5.32 Å². The van der Waals surface area contributed by atoms with Crippen molar-refractivity contribution in [2.24, 2.45) is 5.92 Å². The standard InChI is InChI=1S/C15H18N2O2/c16-10-13-5-7-14(8-6-13)19-11-15(18)17-9-1-2-12-3-4-12/h5-8,12H,1-4,9,11H2,(H,17,18). The van der Waals surface area contributed by atoms with E-state index in [1.807, 2.05) is 6.07 Å². The van der Waals surface area contributed by atoms with Crippen molar-refractivity contribution in [1.82, 2.24) is 5.32 Å². The van der Waals surface area contributed by atoms with E-state index in [4.69, 9.17) is 10.00 Å². The lowest BCUT2D eigenvalue weighted by atomic mass is 10.2. The molecule has 1 N–H and O–H groups in total. The van der Waals surface area contributed by atoms with Gasteiger partial charge in [-0.25, -0.2) is 0 Å². The highest BCUT2D eigenvalue weighted by Gasteiger charge is 2.20. The van der Waals surface area contributed by atoms with Crippen LogP contribution in [0.1, 0.15) is 31.2 Å². The molecule has 2 rings (SSSR count). The maximum atomic E-state index is 11.5. The Hall–Kier alpha value is -2.02. The highest BCUT2D eigenvalue weighted by Crippen LogP contribution is 2.33. The summed E-state index contributed by atoms with van der Waals surface area (Å²) in [4.78, 5) is 11.5. The number of carbonyl (C=O) groups is 1. The number of hydrogen-bond acceptors (Lipinski definition) is 3. The summed E-state index contributed by atoms with van der Waals surface area (Å²) in [5.74, 6) is 1.42. The van der Waals surface area contributed by atoms with Crippen molar-refractivity contribution in [3.63, 3.8) is 0 Å². The second kappa shape index (κ2) is 6.79. The summed E-state index contributed by atoms with van der Waals surface area (Å²) in [6.45, 7) is 0.751. The number of nitrogens with zero attached hydrogens (tertiary/aromatic N) is 1. The number of amides is 1. The van der Waals surface area contributed by atoms with Crippen LogP contribution in [0.2, 0.25) is 0 Å². The minimum absolute atomic E-state index is 0.0231. The first-order chi connectivity index (χ1) is 9.28. The van der Waals surface area contributed by atoms with Crippen molar-refractivity contribution in [2.75, 3.05) is 13.2 Å². The molecule has 4 heteroatoms. The molecule has 1 aliphatic rings. The molecule has 100 valence electrons. The summed E-state index contributed by atoms with van der Waals surface area (Å²) in [6.07, 6.45) is 4.98. The number of rotatable bonds is 7. The van der Waals surface area contributed by atoms with Crippen molar-refractivity contribution in [3.05, 3.63) is 29.8 Å². The van der Waals surface area contributed by atoms with Crippen LogP contribution in [0.4, 0.5) is 0 Å². The fraction of sp³-hybridized carbons (Fsp3) is 0.467. The molecule has 1 aliphatic carbocycles. The molecule has 0 unspecified atom stereocenters. The molecular formula is C15H18N2O2. The number of nitrogens with one attached hydrogen (secondary N) is 1. The topological polar surface area (TPSA) is 62.1 Å². The highest BCUT2D eigenvalue weighted by molar-refractivity contribution is 5.77. The van der Waals surface area contributed by atoms with Gasteiger partial charge in [0, 0.05) is 6.54 Å². The zero-order chi connectivity index (χ0) is 13.5. The van der Waals surface area contributed by atoms with Crippen LogP contribution < -0.4 is 10.1 Å². The Labute approximate surface area is 113 Å². The average molecular weight is 258 g/mol. The van der Waals surface area contributed by atoms with Crippen LogP contribution in [-0.2, 0) is 4.79 Å². The molecule has 4 nitrogen and oxygen atoms in total. The van der Waals surface area contributed by atoms with Gasteiger partial charge < -0.3 is 10.1 Å². The summed E-state index contributed by atoms with van der Waals surface area (Å²) < 4.78 is 5.34. The molecule has 0 aliphatic heterocycles. The lowest BCUT2D eigenvalue weighted by molar-refractivity contribution is -0.123. The maximum Gasteiger partial charge on any atom is 0.257 e. The molecule has 0 saturated heterocycles. The van der Waals surface area contributed by atoms with Crippen LogP contribution in [0.5, 0.6) is 5.75 Å². The monoisotopic (exact) mass is 258 g/mol. The molecule has 1 saturated carbocycles. The zero-order valence-electron chi connectivity index (χ0n) is 10.9. The molecule has 1 fully saturated rings. The summed E-state index contributed by atoms with van der Waals surface area (Å²) >= 11 is 0. The smallest absolute Gasteiger partial charge is 0.257 e. The first-order valence-corrected chi connectivity index (χ1v) is 6.67. The van der Waals surface area contributed by atoms with Crippen LogP contribution in [0.3, 0.4) is 0 Å². The second-order valence-corrected chi connectivity index (χ2v) is 4.86. The Morgan fingerprint density at radius 1 is 1.37 bits per heavy atom. The number of hydrogen-bond donors (Lipinski definition) is 1. The van der Waals surface area contributed by atoms with Gasteiger partial charge in [0.2, 0.25) is 0 Å². The van der Waals surface area contributed by atoms with Gasteiger partial charge >= 0.3 is 0 Å². The predicted octanol–water partition coefficient (Wildman–Crippen LogP) is 2.24. The van der Waals surface area contributed by atoms with Gasteiger partial charge in [0.25, 0.3) is 5.91 Å². The van der Waals surface area contributed by atoms with E-state index in [1.165, 1.54) is 19.3 Å². The minimum atomic E-state index is -0.0971. The number of benzene rings is 1. The normalized spacial score (nSPS) is 13.6. The first kappa shape index (κ1) is 13.4. The molecule has 0 aromatic heterocycles. The molecule has 19 heavy (non-hydrogen) atoms. The maximum absolute atomic E-state index is 11.5. The molecule has 0 heterocycles. The van der Waals surface area contributed by atoms with Gasteiger partial charge in [0.1, 0.15) is 5.75 Å². The van der Waals surface area contributed by atoms with E-state index in [9.17, 15) is 4.79 Å². The van der Waals surface area contributed by atoms with Gasteiger partial charge in [-0.3, -0.25) is 4.79 Å². The van der Waals surface area contributed by atoms with Crippen LogP contribution in [0.25, 0.3) is 0 Å². The highest BCUT2D eigenvalue weighted by atomic mass is 16.5. The average Bonchev–Trinajstić information content (AvgIpc) is 3.26. The fourth-order valence-corrected chi connectivity index (χ4v) is 1.85. The Morgan fingerprint density at radius 2 is 2.11 bits per heavy atom. The summed E-state index contributed by atoms with van der Waals surface area (Å²) in [5, 5.41) is 11.5. The van der Waals surface area contributed by atoms with E-state index in [0.29, 0.717) is 11.3 Å². The van der Waals surface area contributed by atoms with Crippen LogP contribution >= 0.6 is 0 Å². The molecule has 0 spiro atoms. The number of nitriles is 1. The molecule has 1 aromatic carbocycles. The third-order valence-corrected chi connectivity index (χ3v) is 3.16. The van der Waals surface area contributed by atoms with Gasteiger partial charge in [0.15, 0.2) is 6.61 Å². The van der Waals surface area contributed by atoms with Crippen molar-refractivity contribution in [3.8, 4) is 11.8 Å². The molecule has 0 atom stereocenters. The van der Waals surface area contributed by atoms with Gasteiger partial charge in [-0.15, -0.1) is 0 Å². The van der Waals surface area contributed by atoms with Crippen molar-refractivity contribution in [2.45, 2.75) is 25.7 Å². The SMILES string of the molecule is N#Cc1ccc(OCC(=O)NCCCC2CC2)cc1. The Balaban J connectivity index is 1.60. The molecule has 0 radical (unpaired) electrons. The molecule has 1 aromatic rings. The van der Waals surface area contributed by atoms with E-state index in [-0.39, 0.29) is 12.5 Å². The molecular weight excluding hydrogens is 240 g/mol. The van der Waals surface area contributed by atoms with Gasteiger partial charge in [-0.05, 0) is 43.0 Å². The lowest BCUT2D eigenvalue weighted by Crippen LogP contribution is -2.29. The lowest BCUT2D eigenvalue weighted by Gasteiger charge is -2.07. The van der Waals surface area contributed by atoms with Crippen molar-refractivity contribution in [1.29, 1.82) is 5.26 Å². The minimum Gasteiger partial charge on any atom is -0.484 e. The quantitative estimate of drug-likeness (QED) is 0.763. The third kappa shape index (κ3) is 5.01. The summed E-state index contributed by atoms with van der Waals surface area (Å²) in [6, 6.07) is 8.76. The van der Waals surface area contributed by atoms with E-state index in [0.717, 1.165) is 18.9 Å². The predicted molar refractivity (Wildman–Crippen MR) is 71.6 cm³/mol. The van der Waals surface area contributed by atoms with Gasteiger partial charge in [-0.1, -0.05) is 12.8 Å². The number of carbonyl (C=O) groups excluding carboxylic acids is 1. The molecule has 0 bridgehead atoms. The first-order valence-electron chi connectivity index (χ1n) is 6.67. The second-order valence-electron chi connectivity index (χ2n) is 4.86. The van der Waals surface area contributed by atoms with Crippen molar-refractivity contribution >= 4 is 5.91 Å². The Morgan fingerprint density at radius 3 is 2.74 bits per heavy atom. The van der Waals surface area contributed by atoms with E-state index >= 15 is 0 Å².